The first-order chi connectivity index (χ1) is 12.0. The van der Waals surface area contributed by atoms with Crippen molar-refractivity contribution in [1.82, 2.24) is 4.72 Å². The van der Waals surface area contributed by atoms with Crippen molar-refractivity contribution in [3.05, 3.63) is 29.8 Å². The van der Waals surface area contributed by atoms with Crippen LogP contribution in [0.15, 0.2) is 29.2 Å². The minimum absolute atomic E-state index is 0.112. The highest BCUT2D eigenvalue weighted by Gasteiger charge is 2.16. The van der Waals surface area contributed by atoms with Gasteiger partial charge in [-0.3, -0.25) is 0 Å². The van der Waals surface area contributed by atoms with Crippen molar-refractivity contribution >= 4 is 16.0 Å². The van der Waals surface area contributed by atoms with E-state index < -0.39 is 16.0 Å². The fraction of sp³-hybridized carbons (Fsp3) is 0.588. The van der Waals surface area contributed by atoms with E-state index in [0.29, 0.717) is 25.2 Å². The summed E-state index contributed by atoms with van der Waals surface area (Å²) in [4.78, 5) is 11.7. The fourth-order valence-electron chi connectivity index (χ4n) is 2.44. The highest BCUT2D eigenvalue weighted by atomic mass is 32.2. The van der Waals surface area contributed by atoms with Crippen LogP contribution in [0.4, 0.5) is 0 Å². The predicted octanol–water partition coefficient (Wildman–Crippen LogP) is 1.73. The second-order valence-corrected chi connectivity index (χ2v) is 7.47. The third-order valence-corrected chi connectivity index (χ3v) is 5.24. The Hall–Kier alpha value is -1.48. The number of ether oxygens (including phenoxy) is 3. The number of benzene rings is 1. The van der Waals surface area contributed by atoms with Gasteiger partial charge in [-0.15, -0.1) is 0 Å². The van der Waals surface area contributed by atoms with E-state index in [0.717, 1.165) is 19.4 Å². The molecular weight excluding hydrogens is 346 g/mol. The molecule has 2 rings (SSSR count). The van der Waals surface area contributed by atoms with E-state index in [-0.39, 0.29) is 24.2 Å². The monoisotopic (exact) mass is 371 g/mol. The summed E-state index contributed by atoms with van der Waals surface area (Å²) < 4.78 is 42.7. The first-order valence-corrected chi connectivity index (χ1v) is 9.97. The van der Waals surface area contributed by atoms with Crippen LogP contribution in [0.2, 0.25) is 0 Å². The van der Waals surface area contributed by atoms with Gasteiger partial charge in [0.2, 0.25) is 10.0 Å². The average Bonchev–Trinajstić information content (AvgIpc) is 3.12. The van der Waals surface area contributed by atoms with E-state index in [1.165, 1.54) is 24.3 Å². The molecule has 7 nitrogen and oxygen atoms in total. The molecule has 1 aromatic rings. The standard InChI is InChI=1S/C17H25NO6S/c1-2-23-17(19)14-6-8-16(9-7-14)25(20,21)18-10-4-11-22-13-15-5-3-12-24-15/h6-9,15,18H,2-5,10-13H2,1H3/t15-/m1/s1. The van der Waals surface area contributed by atoms with E-state index in [4.69, 9.17) is 14.2 Å². The smallest absolute Gasteiger partial charge is 0.338 e. The van der Waals surface area contributed by atoms with Crippen LogP contribution in [-0.2, 0) is 24.2 Å². The largest absolute Gasteiger partial charge is 0.462 e. The molecule has 1 aliphatic heterocycles. The molecule has 0 aromatic heterocycles. The number of sulfonamides is 1. The maximum atomic E-state index is 12.2. The summed E-state index contributed by atoms with van der Waals surface area (Å²) in [6, 6.07) is 5.67. The molecule has 0 radical (unpaired) electrons. The molecule has 0 spiro atoms. The van der Waals surface area contributed by atoms with Gasteiger partial charge in [0.15, 0.2) is 0 Å². The van der Waals surface area contributed by atoms with Crippen molar-refractivity contribution in [2.75, 3.05) is 33.0 Å². The third kappa shape index (κ3) is 6.39. The quantitative estimate of drug-likeness (QED) is 0.497. The minimum atomic E-state index is -3.60. The zero-order chi connectivity index (χ0) is 18.1. The van der Waals surface area contributed by atoms with Crippen LogP contribution in [0.1, 0.15) is 36.5 Å². The van der Waals surface area contributed by atoms with E-state index in [1.54, 1.807) is 6.92 Å². The Kier molecular flexibility index (Phi) is 7.83. The molecule has 140 valence electrons. The highest BCUT2D eigenvalue weighted by Crippen LogP contribution is 2.13. The first-order valence-electron chi connectivity index (χ1n) is 8.49. The van der Waals surface area contributed by atoms with Crippen LogP contribution in [0.5, 0.6) is 0 Å². The molecule has 0 bridgehead atoms. The van der Waals surface area contributed by atoms with Crippen molar-refractivity contribution in [2.45, 2.75) is 37.2 Å². The number of hydrogen-bond donors (Lipinski definition) is 1. The number of carbonyl (C=O) groups is 1. The Morgan fingerprint density at radius 3 is 2.72 bits per heavy atom. The Labute approximate surface area is 148 Å². The van der Waals surface area contributed by atoms with Gasteiger partial charge in [-0.1, -0.05) is 0 Å². The van der Waals surface area contributed by atoms with Crippen molar-refractivity contribution in [2.24, 2.45) is 0 Å². The van der Waals surface area contributed by atoms with Crippen LogP contribution >= 0.6 is 0 Å². The highest BCUT2D eigenvalue weighted by molar-refractivity contribution is 7.89. The summed E-state index contributed by atoms with van der Waals surface area (Å²) in [6.45, 7) is 4.10. The zero-order valence-electron chi connectivity index (χ0n) is 14.4. The lowest BCUT2D eigenvalue weighted by molar-refractivity contribution is 0.0169. The van der Waals surface area contributed by atoms with Crippen LogP contribution in [0.25, 0.3) is 0 Å². The third-order valence-electron chi connectivity index (χ3n) is 3.76. The summed E-state index contributed by atoms with van der Waals surface area (Å²) in [5.74, 6) is -0.470. The van der Waals surface area contributed by atoms with Gasteiger partial charge in [0.25, 0.3) is 0 Å². The average molecular weight is 371 g/mol. The van der Waals surface area contributed by atoms with Gasteiger partial charge in [0, 0.05) is 19.8 Å². The number of esters is 1. The normalized spacial score (nSPS) is 17.6. The first kappa shape index (κ1) is 19.8. The molecule has 0 amide bonds. The van der Waals surface area contributed by atoms with Gasteiger partial charge in [0.1, 0.15) is 0 Å². The summed E-state index contributed by atoms with van der Waals surface area (Å²) in [7, 11) is -3.60. The Bertz CT molecular complexity index is 638. The van der Waals surface area contributed by atoms with Gasteiger partial charge >= 0.3 is 5.97 Å². The zero-order valence-corrected chi connectivity index (χ0v) is 15.2. The molecular formula is C17H25NO6S. The fourth-order valence-corrected chi connectivity index (χ4v) is 3.51. The van der Waals surface area contributed by atoms with E-state index in [2.05, 4.69) is 4.72 Å². The molecule has 1 fully saturated rings. The molecule has 0 saturated carbocycles. The summed E-state index contributed by atoms with van der Waals surface area (Å²) in [5, 5.41) is 0. The Balaban J connectivity index is 1.72. The van der Waals surface area contributed by atoms with Gasteiger partial charge in [-0.25, -0.2) is 17.9 Å². The lowest BCUT2D eigenvalue weighted by atomic mass is 10.2. The van der Waals surface area contributed by atoms with Crippen molar-refractivity contribution < 1.29 is 27.4 Å². The molecule has 0 unspecified atom stereocenters. The van der Waals surface area contributed by atoms with Crippen LogP contribution in [0, 0.1) is 0 Å². The van der Waals surface area contributed by atoms with Crippen molar-refractivity contribution in [3.8, 4) is 0 Å². The van der Waals surface area contributed by atoms with Gasteiger partial charge < -0.3 is 14.2 Å². The van der Waals surface area contributed by atoms with Crippen molar-refractivity contribution in [3.63, 3.8) is 0 Å². The maximum Gasteiger partial charge on any atom is 0.338 e. The van der Waals surface area contributed by atoms with Crippen molar-refractivity contribution in [1.29, 1.82) is 0 Å². The van der Waals surface area contributed by atoms with Crippen LogP contribution < -0.4 is 4.72 Å². The lowest BCUT2D eigenvalue weighted by Gasteiger charge is -2.10. The Morgan fingerprint density at radius 2 is 2.08 bits per heavy atom. The van der Waals surface area contributed by atoms with E-state index in [9.17, 15) is 13.2 Å². The second-order valence-electron chi connectivity index (χ2n) is 5.71. The molecule has 1 aromatic carbocycles. The topological polar surface area (TPSA) is 90.9 Å². The maximum absolute atomic E-state index is 12.2. The molecule has 0 aliphatic carbocycles. The molecule has 25 heavy (non-hydrogen) atoms. The summed E-state index contributed by atoms with van der Waals surface area (Å²) in [5.41, 5.74) is 0.323. The Morgan fingerprint density at radius 1 is 1.32 bits per heavy atom. The van der Waals surface area contributed by atoms with Gasteiger partial charge in [0.05, 0.1) is 29.8 Å². The summed E-state index contributed by atoms with van der Waals surface area (Å²) >= 11 is 0. The number of hydrogen-bond acceptors (Lipinski definition) is 6. The molecule has 1 heterocycles. The van der Waals surface area contributed by atoms with Gasteiger partial charge in [-0.05, 0) is 50.5 Å². The minimum Gasteiger partial charge on any atom is -0.462 e. The van der Waals surface area contributed by atoms with Gasteiger partial charge in [-0.2, -0.15) is 0 Å². The SMILES string of the molecule is CCOC(=O)c1ccc(S(=O)(=O)NCCCOC[C@H]2CCCO2)cc1. The molecule has 1 N–H and O–H groups in total. The van der Waals surface area contributed by atoms with E-state index in [1.807, 2.05) is 0 Å². The molecule has 8 heteroatoms. The molecule has 1 atom stereocenters. The van der Waals surface area contributed by atoms with Crippen LogP contribution in [-0.4, -0.2) is 53.5 Å². The lowest BCUT2D eigenvalue weighted by Crippen LogP contribution is -2.26. The predicted molar refractivity (Wildman–Crippen MR) is 92.0 cm³/mol. The van der Waals surface area contributed by atoms with E-state index >= 15 is 0 Å². The second kappa shape index (κ2) is 9.86. The number of rotatable bonds is 10. The number of carbonyl (C=O) groups excluding carboxylic acids is 1. The molecule has 1 aliphatic rings. The number of nitrogens with one attached hydrogen (secondary N) is 1. The molecule has 1 saturated heterocycles. The summed E-state index contributed by atoms with van der Waals surface area (Å²) in [6.07, 6.45) is 2.85. The van der Waals surface area contributed by atoms with Crippen LogP contribution in [0.3, 0.4) is 0 Å².